The summed E-state index contributed by atoms with van der Waals surface area (Å²) in [4.78, 5) is 34.8. The van der Waals surface area contributed by atoms with Gasteiger partial charge in [-0.2, -0.15) is 0 Å². The minimum atomic E-state index is -0.197. The van der Waals surface area contributed by atoms with Gasteiger partial charge in [0.15, 0.2) is 0 Å². The monoisotopic (exact) mass is 412 g/mol. The van der Waals surface area contributed by atoms with Gasteiger partial charge in [-0.05, 0) is 37.5 Å². The SMILES string of the molecule is C=CCN1C(=O)/C(=C\c2c(N3CCCCC3)nc3ccccn3c2=O)SC1=S. The Kier molecular flexibility index (Phi) is 5.32. The minimum absolute atomic E-state index is 0.180. The zero-order chi connectivity index (χ0) is 19.7. The molecule has 4 heterocycles. The van der Waals surface area contributed by atoms with Gasteiger partial charge in [-0.15, -0.1) is 6.58 Å². The third-order valence-electron chi connectivity index (χ3n) is 4.87. The van der Waals surface area contributed by atoms with Gasteiger partial charge in [0.1, 0.15) is 15.8 Å². The zero-order valence-electron chi connectivity index (χ0n) is 15.3. The van der Waals surface area contributed by atoms with Crippen LogP contribution in [0.2, 0.25) is 0 Å². The Morgan fingerprint density at radius 3 is 2.75 bits per heavy atom. The molecule has 0 atom stereocenters. The minimum Gasteiger partial charge on any atom is -0.356 e. The summed E-state index contributed by atoms with van der Waals surface area (Å²) in [5.74, 6) is 0.446. The molecule has 0 aromatic carbocycles. The van der Waals surface area contributed by atoms with E-state index in [9.17, 15) is 9.59 Å². The lowest BCUT2D eigenvalue weighted by Crippen LogP contribution is -2.33. The van der Waals surface area contributed by atoms with E-state index in [0.717, 1.165) is 25.9 Å². The van der Waals surface area contributed by atoms with Gasteiger partial charge in [0, 0.05) is 25.8 Å². The van der Waals surface area contributed by atoms with Crippen molar-refractivity contribution in [1.82, 2.24) is 14.3 Å². The number of pyridine rings is 1. The number of hydrogen-bond donors (Lipinski definition) is 0. The summed E-state index contributed by atoms with van der Waals surface area (Å²) in [5.41, 5.74) is 0.856. The van der Waals surface area contributed by atoms with Gasteiger partial charge in [0.2, 0.25) is 0 Å². The third kappa shape index (κ3) is 3.38. The predicted octanol–water partition coefficient (Wildman–Crippen LogP) is 3.07. The van der Waals surface area contributed by atoms with Crippen molar-refractivity contribution < 1.29 is 4.79 Å². The lowest BCUT2D eigenvalue weighted by atomic mass is 10.1. The van der Waals surface area contributed by atoms with E-state index in [1.165, 1.54) is 27.5 Å². The molecule has 2 saturated heterocycles. The van der Waals surface area contributed by atoms with Crippen molar-refractivity contribution in [1.29, 1.82) is 0 Å². The summed E-state index contributed by atoms with van der Waals surface area (Å²) in [7, 11) is 0. The number of aromatic nitrogens is 2. The molecule has 4 rings (SSSR count). The third-order valence-corrected chi connectivity index (χ3v) is 6.24. The van der Waals surface area contributed by atoms with Crippen LogP contribution in [0.15, 0.2) is 46.8 Å². The van der Waals surface area contributed by atoms with Crippen LogP contribution in [-0.4, -0.2) is 44.1 Å². The Labute approximate surface area is 172 Å². The molecule has 0 saturated carbocycles. The Morgan fingerprint density at radius 1 is 1.21 bits per heavy atom. The Bertz CT molecular complexity index is 1050. The molecule has 0 bridgehead atoms. The normalized spacial score (nSPS) is 19.1. The molecular weight excluding hydrogens is 392 g/mol. The summed E-state index contributed by atoms with van der Waals surface area (Å²) >= 11 is 6.53. The van der Waals surface area contributed by atoms with Crippen molar-refractivity contribution in [3.05, 3.63) is 57.9 Å². The van der Waals surface area contributed by atoms with Crippen LogP contribution >= 0.6 is 24.0 Å². The summed E-state index contributed by atoms with van der Waals surface area (Å²) in [6.45, 7) is 5.74. The maximum Gasteiger partial charge on any atom is 0.267 e. The molecule has 2 aromatic rings. The number of thiocarbonyl (C=S) groups is 1. The van der Waals surface area contributed by atoms with Crippen molar-refractivity contribution in [2.45, 2.75) is 19.3 Å². The highest BCUT2D eigenvalue weighted by molar-refractivity contribution is 8.26. The first kappa shape index (κ1) is 18.9. The van der Waals surface area contributed by atoms with Gasteiger partial charge in [0.25, 0.3) is 11.5 Å². The summed E-state index contributed by atoms with van der Waals surface area (Å²) < 4.78 is 1.99. The molecule has 0 unspecified atom stereocenters. The highest BCUT2D eigenvalue weighted by atomic mass is 32.2. The largest absolute Gasteiger partial charge is 0.356 e. The average Bonchev–Trinajstić information content (AvgIpc) is 2.98. The number of carbonyl (C=O) groups excluding carboxylic acids is 1. The van der Waals surface area contributed by atoms with Crippen molar-refractivity contribution in [2.24, 2.45) is 0 Å². The smallest absolute Gasteiger partial charge is 0.267 e. The summed E-state index contributed by atoms with van der Waals surface area (Å²) in [5, 5.41) is 0. The molecule has 1 amide bonds. The molecule has 2 aliphatic heterocycles. The molecule has 6 nitrogen and oxygen atoms in total. The van der Waals surface area contributed by atoms with Crippen LogP contribution in [-0.2, 0) is 4.79 Å². The maximum absolute atomic E-state index is 13.2. The number of fused-ring (bicyclic) bond motifs is 1. The topological polar surface area (TPSA) is 57.9 Å². The fourth-order valence-corrected chi connectivity index (χ4v) is 4.74. The van der Waals surface area contributed by atoms with Gasteiger partial charge in [-0.1, -0.05) is 36.1 Å². The first-order chi connectivity index (χ1) is 13.6. The molecule has 8 heteroatoms. The van der Waals surface area contributed by atoms with Crippen LogP contribution < -0.4 is 10.5 Å². The number of rotatable bonds is 4. The second-order valence-electron chi connectivity index (χ2n) is 6.71. The second-order valence-corrected chi connectivity index (χ2v) is 8.39. The zero-order valence-corrected chi connectivity index (χ0v) is 17.0. The van der Waals surface area contributed by atoms with E-state index >= 15 is 0 Å². The van der Waals surface area contributed by atoms with Crippen LogP contribution in [0.25, 0.3) is 11.7 Å². The first-order valence-corrected chi connectivity index (χ1v) is 10.5. The molecule has 0 radical (unpaired) electrons. The molecule has 2 aromatic heterocycles. The van der Waals surface area contributed by atoms with Crippen molar-refractivity contribution in [3.8, 4) is 0 Å². The van der Waals surface area contributed by atoms with E-state index in [-0.39, 0.29) is 11.5 Å². The fourth-order valence-electron chi connectivity index (χ4n) is 3.48. The van der Waals surface area contributed by atoms with Crippen LogP contribution in [0, 0.1) is 0 Å². The molecule has 0 spiro atoms. The molecule has 28 heavy (non-hydrogen) atoms. The van der Waals surface area contributed by atoms with Crippen LogP contribution in [0.3, 0.4) is 0 Å². The molecule has 2 aliphatic rings. The second kappa shape index (κ2) is 7.89. The average molecular weight is 413 g/mol. The van der Waals surface area contributed by atoms with E-state index < -0.39 is 0 Å². The maximum atomic E-state index is 13.2. The van der Waals surface area contributed by atoms with Gasteiger partial charge < -0.3 is 4.90 Å². The predicted molar refractivity (Wildman–Crippen MR) is 118 cm³/mol. The number of amides is 1. The van der Waals surface area contributed by atoms with Crippen molar-refractivity contribution in [2.75, 3.05) is 24.5 Å². The lowest BCUT2D eigenvalue weighted by molar-refractivity contribution is -0.121. The van der Waals surface area contributed by atoms with Crippen LogP contribution in [0.5, 0.6) is 0 Å². The van der Waals surface area contributed by atoms with E-state index in [1.54, 1.807) is 24.4 Å². The molecule has 0 aliphatic carbocycles. The molecule has 0 N–H and O–H groups in total. The lowest BCUT2D eigenvalue weighted by Gasteiger charge is -2.29. The van der Waals surface area contributed by atoms with E-state index in [2.05, 4.69) is 11.5 Å². The van der Waals surface area contributed by atoms with E-state index in [0.29, 0.717) is 32.8 Å². The van der Waals surface area contributed by atoms with E-state index in [4.69, 9.17) is 17.2 Å². The van der Waals surface area contributed by atoms with Gasteiger partial charge in [-0.25, -0.2) is 4.98 Å². The number of carbonyl (C=O) groups is 1. The van der Waals surface area contributed by atoms with Crippen molar-refractivity contribution in [3.63, 3.8) is 0 Å². The summed E-state index contributed by atoms with van der Waals surface area (Å²) in [6.07, 6.45) is 8.30. The number of nitrogens with zero attached hydrogens (tertiary/aromatic N) is 4. The Balaban J connectivity index is 1.86. The quantitative estimate of drug-likeness (QED) is 0.437. The van der Waals surface area contributed by atoms with Gasteiger partial charge in [0.05, 0.1) is 10.5 Å². The number of piperidine rings is 1. The number of thioether (sulfide) groups is 1. The first-order valence-electron chi connectivity index (χ1n) is 9.23. The van der Waals surface area contributed by atoms with Crippen LogP contribution in [0.4, 0.5) is 5.82 Å². The molecule has 2 fully saturated rings. The Hall–Kier alpha value is -2.45. The highest BCUT2D eigenvalue weighted by Crippen LogP contribution is 2.33. The summed E-state index contributed by atoms with van der Waals surface area (Å²) in [6, 6.07) is 5.48. The van der Waals surface area contributed by atoms with Gasteiger partial charge >= 0.3 is 0 Å². The number of anilines is 1. The molecular formula is C20H20N4O2S2. The highest BCUT2D eigenvalue weighted by Gasteiger charge is 2.32. The Morgan fingerprint density at radius 2 is 2.00 bits per heavy atom. The standard InChI is InChI=1S/C20H20N4O2S2/c1-2-9-24-19(26)15(28-20(24)27)13-14-17(22-10-5-3-6-11-22)21-16-8-4-7-12-23(16)18(14)25/h2,4,7-8,12-13H,1,3,5-6,9-11H2/b15-13+. The van der Waals surface area contributed by atoms with Crippen molar-refractivity contribution >= 4 is 51.7 Å². The van der Waals surface area contributed by atoms with Crippen LogP contribution in [0.1, 0.15) is 24.8 Å². The fraction of sp³-hybridized carbons (Fsp3) is 0.300. The molecule has 144 valence electrons. The van der Waals surface area contributed by atoms with E-state index in [1.807, 2.05) is 12.1 Å². The van der Waals surface area contributed by atoms with Gasteiger partial charge in [-0.3, -0.25) is 18.9 Å². The number of hydrogen-bond acceptors (Lipinski definition) is 6.